The van der Waals surface area contributed by atoms with Gasteiger partial charge in [-0.25, -0.2) is 9.97 Å². The van der Waals surface area contributed by atoms with Gasteiger partial charge in [0.15, 0.2) is 11.5 Å². The Morgan fingerprint density at radius 1 is 1.19 bits per heavy atom. The first kappa shape index (κ1) is 17.5. The third-order valence-electron chi connectivity index (χ3n) is 4.83. The second-order valence-corrected chi connectivity index (χ2v) is 6.76. The maximum Gasteiger partial charge on any atom is 0.162 e. The lowest BCUT2D eigenvalue weighted by atomic mass is 10.1. The third-order valence-corrected chi connectivity index (χ3v) is 4.83. The van der Waals surface area contributed by atoms with Gasteiger partial charge in [0.1, 0.15) is 19.5 Å². The predicted octanol–water partition coefficient (Wildman–Crippen LogP) is 2.84. The van der Waals surface area contributed by atoms with Crippen molar-refractivity contribution in [1.29, 1.82) is 0 Å². The molecule has 0 spiro atoms. The van der Waals surface area contributed by atoms with E-state index < -0.39 is 0 Å². The zero-order valence-corrected chi connectivity index (χ0v) is 15.8. The lowest BCUT2D eigenvalue weighted by Crippen LogP contribution is -2.22. The maximum atomic E-state index is 5.73. The van der Waals surface area contributed by atoms with Crippen LogP contribution in [0.25, 0.3) is 11.3 Å². The van der Waals surface area contributed by atoms with Gasteiger partial charge < -0.3 is 9.47 Å². The minimum atomic E-state index is 0.168. The molecule has 4 rings (SSSR count). The van der Waals surface area contributed by atoms with Crippen LogP contribution in [-0.2, 0) is 13.6 Å². The molecule has 27 heavy (non-hydrogen) atoms. The van der Waals surface area contributed by atoms with Gasteiger partial charge in [0.25, 0.3) is 0 Å². The fraction of sp³-hybridized carbons (Fsp3) is 0.350. The van der Waals surface area contributed by atoms with Gasteiger partial charge in [0.2, 0.25) is 0 Å². The van der Waals surface area contributed by atoms with Gasteiger partial charge in [-0.3, -0.25) is 9.58 Å². The SMILES string of the molecule is C[C@@H](c1ccncn1)N(C)Cc1cn(C)nc1-c1ccc2c(c1)OCCO2. The molecule has 0 aliphatic carbocycles. The summed E-state index contributed by atoms with van der Waals surface area (Å²) < 4.78 is 13.2. The highest BCUT2D eigenvalue weighted by molar-refractivity contribution is 5.66. The van der Waals surface area contributed by atoms with E-state index in [-0.39, 0.29) is 6.04 Å². The van der Waals surface area contributed by atoms with E-state index in [1.807, 2.05) is 36.0 Å². The molecule has 1 atom stereocenters. The monoisotopic (exact) mass is 365 g/mol. The Bertz CT molecular complexity index is 925. The largest absolute Gasteiger partial charge is 0.486 e. The zero-order chi connectivity index (χ0) is 18.8. The van der Waals surface area contributed by atoms with E-state index in [2.05, 4.69) is 40.1 Å². The summed E-state index contributed by atoms with van der Waals surface area (Å²) in [6.07, 6.45) is 5.43. The van der Waals surface area contributed by atoms with Crippen LogP contribution in [0.3, 0.4) is 0 Å². The molecule has 0 fully saturated rings. The zero-order valence-electron chi connectivity index (χ0n) is 15.8. The third kappa shape index (κ3) is 3.64. The van der Waals surface area contributed by atoms with Crippen molar-refractivity contribution in [2.24, 2.45) is 7.05 Å². The van der Waals surface area contributed by atoms with E-state index in [4.69, 9.17) is 9.47 Å². The Morgan fingerprint density at radius 2 is 2.00 bits per heavy atom. The number of aromatic nitrogens is 4. The molecule has 1 aliphatic heterocycles. The van der Waals surface area contributed by atoms with Crippen LogP contribution in [0.4, 0.5) is 0 Å². The fourth-order valence-electron chi connectivity index (χ4n) is 3.27. The number of rotatable bonds is 5. The smallest absolute Gasteiger partial charge is 0.162 e. The first-order valence-electron chi connectivity index (χ1n) is 9.00. The van der Waals surface area contributed by atoms with Gasteiger partial charge in [-0.05, 0) is 38.2 Å². The minimum Gasteiger partial charge on any atom is -0.486 e. The number of nitrogens with zero attached hydrogens (tertiary/aromatic N) is 5. The molecule has 3 heterocycles. The Hall–Kier alpha value is -2.93. The lowest BCUT2D eigenvalue weighted by molar-refractivity contribution is 0.171. The first-order chi connectivity index (χ1) is 13.1. The summed E-state index contributed by atoms with van der Waals surface area (Å²) in [5, 5.41) is 4.68. The van der Waals surface area contributed by atoms with Crippen LogP contribution in [0.15, 0.2) is 43.0 Å². The summed E-state index contributed by atoms with van der Waals surface area (Å²) in [5.74, 6) is 1.56. The minimum absolute atomic E-state index is 0.168. The lowest BCUT2D eigenvalue weighted by Gasteiger charge is -2.24. The van der Waals surface area contributed by atoms with Crippen molar-refractivity contribution in [2.75, 3.05) is 20.3 Å². The molecule has 0 radical (unpaired) electrons. The van der Waals surface area contributed by atoms with Gasteiger partial charge in [-0.15, -0.1) is 0 Å². The summed E-state index contributed by atoms with van der Waals surface area (Å²) >= 11 is 0. The Morgan fingerprint density at radius 3 is 2.78 bits per heavy atom. The molecule has 7 heteroatoms. The maximum absolute atomic E-state index is 5.73. The van der Waals surface area contributed by atoms with Crippen molar-refractivity contribution in [2.45, 2.75) is 19.5 Å². The molecule has 1 aliphatic rings. The van der Waals surface area contributed by atoms with Gasteiger partial charge in [0.05, 0.1) is 11.4 Å². The standard InChI is InChI=1S/C20H23N5O2/c1-14(17-6-7-21-13-22-17)24(2)11-16-12-25(3)23-20(16)15-4-5-18-19(10-15)27-9-8-26-18/h4-7,10,12-14H,8-9,11H2,1-3H3/t14-/m0/s1. The van der Waals surface area contributed by atoms with Crippen LogP contribution in [0, 0.1) is 0 Å². The van der Waals surface area contributed by atoms with Crippen molar-refractivity contribution in [3.05, 3.63) is 54.2 Å². The topological polar surface area (TPSA) is 65.3 Å². The average molecular weight is 365 g/mol. The van der Waals surface area contributed by atoms with E-state index >= 15 is 0 Å². The van der Waals surface area contributed by atoms with E-state index in [1.165, 1.54) is 0 Å². The van der Waals surface area contributed by atoms with Crippen LogP contribution < -0.4 is 9.47 Å². The van der Waals surface area contributed by atoms with Crippen LogP contribution in [0.2, 0.25) is 0 Å². The number of ether oxygens (including phenoxy) is 2. The number of benzene rings is 1. The summed E-state index contributed by atoms with van der Waals surface area (Å²) in [4.78, 5) is 10.6. The predicted molar refractivity (Wildman–Crippen MR) is 102 cm³/mol. The summed E-state index contributed by atoms with van der Waals surface area (Å²) in [7, 11) is 4.03. The molecule has 0 unspecified atom stereocenters. The molecule has 0 saturated heterocycles. The highest BCUT2D eigenvalue weighted by atomic mass is 16.6. The number of fused-ring (bicyclic) bond motifs is 1. The summed E-state index contributed by atoms with van der Waals surface area (Å²) in [6, 6.07) is 8.12. The molecule has 0 N–H and O–H groups in total. The van der Waals surface area contributed by atoms with Gasteiger partial charge in [-0.2, -0.15) is 5.10 Å². The second-order valence-electron chi connectivity index (χ2n) is 6.76. The quantitative estimate of drug-likeness (QED) is 0.693. The Balaban J connectivity index is 1.60. The molecule has 140 valence electrons. The molecule has 7 nitrogen and oxygen atoms in total. The summed E-state index contributed by atoms with van der Waals surface area (Å²) in [5.41, 5.74) is 4.13. The fourth-order valence-corrected chi connectivity index (χ4v) is 3.27. The van der Waals surface area contributed by atoms with E-state index in [0.717, 1.165) is 40.6 Å². The number of hydrogen-bond acceptors (Lipinski definition) is 6. The van der Waals surface area contributed by atoms with Gasteiger partial charge in [0, 0.05) is 43.2 Å². The molecule has 0 amide bonds. The van der Waals surface area contributed by atoms with Crippen LogP contribution in [0.5, 0.6) is 11.5 Å². The van der Waals surface area contributed by atoms with E-state index in [9.17, 15) is 0 Å². The Labute approximate surface area is 158 Å². The highest BCUT2D eigenvalue weighted by Gasteiger charge is 2.19. The van der Waals surface area contributed by atoms with Crippen molar-refractivity contribution in [3.63, 3.8) is 0 Å². The van der Waals surface area contributed by atoms with Crippen LogP contribution in [0.1, 0.15) is 24.2 Å². The van der Waals surface area contributed by atoms with Gasteiger partial charge >= 0.3 is 0 Å². The normalized spacial score (nSPS) is 14.4. The van der Waals surface area contributed by atoms with E-state index in [0.29, 0.717) is 13.2 Å². The molecular formula is C20H23N5O2. The molecule has 1 aromatic carbocycles. The Kier molecular flexibility index (Phi) is 4.77. The molecule has 3 aromatic rings. The van der Waals surface area contributed by atoms with Gasteiger partial charge in [-0.1, -0.05) is 0 Å². The van der Waals surface area contributed by atoms with E-state index in [1.54, 1.807) is 12.5 Å². The summed E-state index contributed by atoms with van der Waals surface area (Å²) in [6.45, 7) is 4.06. The highest BCUT2D eigenvalue weighted by Crippen LogP contribution is 2.35. The molecular weight excluding hydrogens is 342 g/mol. The molecule has 2 aromatic heterocycles. The number of aryl methyl sites for hydroxylation is 1. The van der Waals surface area contributed by atoms with Crippen molar-refractivity contribution in [3.8, 4) is 22.8 Å². The van der Waals surface area contributed by atoms with Crippen molar-refractivity contribution < 1.29 is 9.47 Å². The van der Waals surface area contributed by atoms with Crippen molar-refractivity contribution in [1.82, 2.24) is 24.6 Å². The first-order valence-corrected chi connectivity index (χ1v) is 9.00. The van der Waals surface area contributed by atoms with Crippen molar-refractivity contribution >= 4 is 0 Å². The van der Waals surface area contributed by atoms with Crippen LogP contribution >= 0.6 is 0 Å². The molecule has 0 bridgehead atoms. The average Bonchev–Trinajstić information content (AvgIpc) is 3.07. The van der Waals surface area contributed by atoms with Crippen LogP contribution in [-0.4, -0.2) is 44.9 Å². The molecule has 0 saturated carbocycles. The number of hydrogen-bond donors (Lipinski definition) is 0. The second kappa shape index (κ2) is 7.36.